The standard InChI is InChI=1S/C56H40BN3S/c1-58-48-23-12-9-20-42(48)44-34-39(30-33-50(44)58)60-51-25-15-27-55-56(51)57(47-36-52-45(35-53(47)60)43-21-10-13-24-49(43)59(52)2)46-22-11-14-26-54(46)61(55,40-18-7-4-8-19-40)41-31-28-38(29-32-41)37-16-5-3-6-17-37/h3-36H,1-2H3. The molecule has 2 aromatic heterocycles. The predicted molar refractivity (Wildman–Crippen MR) is 259 cm³/mol. The Morgan fingerprint density at radius 2 is 0.951 bits per heavy atom. The molecule has 2 aliphatic rings. The van der Waals surface area contributed by atoms with Gasteiger partial charge in [-0.15, -0.1) is 10.0 Å². The largest absolute Gasteiger partial charge is 0.344 e. The Balaban J connectivity index is 1.15. The molecule has 1 atom stereocenters. The summed E-state index contributed by atoms with van der Waals surface area (Å²) in [6.45, 7) is 0.0327. The molecule has 11 aromatic rings. The lowest BCUT2D eigenvalue weighted by molar-refractivity contribution is 1.01. The van der Waals surface area contributed by atoms with Gasteiger partial charge < -0.3 is 14.0 Å². The van der Waals surface area contributed by atoms with Crippen LogP contribution >= 0.6 is 10.0 Å². The lowest BCUT2D eigenvalue weighted by Crippen LogP contribution is -2.61. The third-order valence-corrected chi connectivity index (χ3v) is 17.6. The number of benzene rings is 9. The number of anilines is 3. The van der Waals surface area contributed by atoms with Gasteiger partial charge in [-0.3, -0.25) is 0 Å². The molecule has 0 N–H and O–H groups in total. The first-order valence-electron chi connectivity index (χ1n) is 21.2. The van der Waals surface area contributed by atoms with Gasteiger partial charge in [0.2, 0.25) is 6.71 Å². The molecular weight excluding hydrogens is 758 g/mol. The Bertz CT molecular complexity index is 3570. The van der Waals surface area contributed by atoms with E-state index in [2.05, 4.69) is 234 Å². The van der Waals surface area contributed by atoms with Gasteiger partial charge >= 0.3 is 0 Å². The van der Waals surface area contributed by atoms with E-state index < -0.39 is 10.0 Å². The molecule has 61 heavy (non-hydrogen) atoms. The van der Waals surface area contributed by atoms with Gasteiger partial charge in [-0.2, -0.15) is 0 Å². The Morgan fingerprint density at radius 1 is 0.377 bits per heavy atom. The quantitative estimate of drug-likeness (QED) is 0.162. The minimum absolute atomic E-state index is 0.0327. The molecule has 0 fully saturated rings. The maximum atomic E-state index is 2.59. The Morgan fingerprint density at radius 3 is 1.70 bits per heavy atom. The molecule has 0 bridgehead atoms. The Labute approximate surface area is 357 Å². The monoisotopic (exact) mass is 797 g/mol. The van der Waals surface area contributed by atoms with Crippen molar-refractivity contribution < 1.29 is 0 Å². The maximum Gasteiger partial charge on any atom is 0.249 e. The third-order valence-electron chi connectivity index (χ3n) is 13.6. The molecule has 0 radical (unpaired) electrons. The summed E-state index contributed by atoms with van der Waals surface area (Å²) in [5.74, 6) is 0. The maximum absolute atomic E-state index is 2.59. The normalized spacial score (nSPS) is 16.4. The minimum Gasteiger partial charge on any atom is -0.344 e. The van der Waals surface area contributed by atoms with Crippen LogP contribution in [0, 0.1) is 0 Å². The van der Waals surface area contributed by atoms with Crippen LogP contribution in [0.2, 0.25) is 0 Å². The SMILES string of the molecule is Cn1c2ccccc2c2cc(N3c4cc5c6ccccc6n(C)c5cc4B4c5ccccc5S(c5ccccc5)(c5ccc(-c6ccccc6)cc5)c5cccc3c54)ccc21. The van der Waals surface area contributed by atoms with Crippen molar-refractivity contribution in [1.82, 2.24) is 9.13 Å². The highest BCUT2D eigenvalue weighted by atomic mass is 32.3. The van der Waals surface area contributed by atoms with Gasteiger partial charge in [0.05, 0.1) is 0 Å². The summed E-state index contributed by atoms with van der Waals surface area (Å²) in [5.41, 5.74) is 15.2. The molecule has 5 heteroatoms. The van der Waals surface area contributed by atoms with Gasteiger partial charge in [-0.05, 0) is 117 Å². The number of rotatable bonds is 4. The molecule has 0 saturated heterocycles. The number of aryl methyl sites for hydroxylation is 2. The highest BCUT2D eigenvalue weighted by molar-refractivity contribution is 8.34. The van der Waals surface area contributed by atoms with Gasteiger partial charge in [0, 0.05) is 84.6 Å². The van der Waals surface area contributed by atoms with Crippen LogP contribution in [0.25, 0.3) is 54.7 Å². The topological polar surface area (TPSA) is 13.1 Å². The molecule has 13 rings (SSSR count). The molecule has 4 heterocycles. The Hall–Kier alpha value is -7.21. The summed E-state index contributed by atoms with van der Waals surface area (Å²) in [4.78, 5) is 8.11. The van der Waals surface area contributed by atoms with Crippen LogP contribution in [-0.4, -0.2) is 15.8 Å². The van der Waals surface area contributed by atoms with Crippen molar-refractivity contribution in [2.45, 2.75) is 19.6 Å². The highest BCUT2D eigenvalue weighted by Gasteiger charge is 2.49. The van der Waals surface area contributed by atoms with Crippen LogP contribution in [0.15, 0.2) is 226 Å². The number of fused-ring (bicyclic) bond motifs is 10. The van der Waals surface area contributed by atoms with Crippen molar-refractivity contribution in [3.05, 3.63) is 206 Å². The second-order valence-corrected chi connectivity index (χ2v) is 19.6. The van der Waals surface area contributed by atoms with Crippen molar-refractivity contribution in [3.63, 3.8) is 0 Å². The van der Waals surface area contributed by atoms with E-state index in [1.807, 2.05) is 0 Å². The average molecular weight is 798 g/mol. The van der Waals surface area contributed by atoms with Gasteiger partial charge in [-0.25, -0.2) is 0 Å². The van der Waals surface area contributed by atoms with Crippen molar-refractivity contribution in [3.8, 4) is 11.1 Å². The third kappa shape index (κ3) is 4.67. The van der Waals surface area contributed by atoms with Crippen molar-refractivity contribution >= 4 is 93.8 Å². The predicted octanol–water partition coefficient (Wildman–Crippen LogP) is 12.6. The lowest BCUT2D eigenvalue weighted by atomic mass is 9.35. The summed E-state index contributed by atoms with van der Waals surface area (Å²) < 4.78 is 4.72. The summed E-state index contributed by atoms with van der Waals surface area (Å²) in [6.07, 6.45) is 0. The van der Waals surface area contributed by atoms with E-state index in [9.17, 15) is 0 Å². The number of hydrogen-bond donors (Lipinski definition) is 0. The van der Waals surface area contributed by atoms with Gasteiger partial charge in [0.15, 0.2) is 0 Å². The first-order chi connectivity index (χ1) is 30.1. The minimum atomic E-state index is -1.98. The molecule has 1 unspecified atom stereocenters. The molecule has 0 amide bonds. The van der Waals surface area contributed by atoms with Crippen LogP contribution in [0.5, 0.6) is 0 Å². The molecular formula is C56H40BN3S. The smallest absolute Gasteiger partial charge is 0.249 e. The number of hydrogen-bond acceptors (Lipinski definition) is 1. The first kappa shape index (κ1) is 34.6. The van der Waals surface area contributed by atoms with Crippen LogP contribution in [0.3, 0.4) is 0 Å². The van der Waals surface area contributed by atoms with Gasteiger partial charge in [0.25, 0.3) is 0 Å². The van der Waals surface area contributed by atoms with E-state index in [0.29, 0.717) is 0 Å². The zero-order valence-corrected chi connectivity index (χ0v) is 34.8. The van der Waals surface area contributed by atoms with Crippen molar-refractivity contribution in [1.29, 1.82) is 0 Å². The van der Waals surface area contributed by atoms with Gasteiger partial charge in [-0.1, -0.05) is 127 Å². The summed E-state index contributed by atoms with van der Waals surface area (Å²) >= 11 is 0. The summed E-state index contributed by atoms with van der Waals surface area (Å²) in [7, 11) is 2.43. The molecule has 9 aromatic carbocycles. The molecule has 0 saturated carbocycles. The fraction of sp³-hybridized carbons (Fsp3) is 0.0357. The van der Waals surface area contributed by atoms with E-state index >= 15 is 0 Å². The number of para-hydroxylation sites is 2. The van der Waals surface area contributed by atoms with E-state index in [4.69, 9.17) is 0 Å². The Kier molecular flexibility index (Phi) is 7.32. The average Bonchev–Trinajstić information content (AvgIpc) is 3.77. The van der Waals surface area contributed by atoms with Crippen molar-refractivity contribution in [2.75, 3.05) is 4.90 Å². The summed E-state index contributed by atoms with van der Waals surface area (Å²) in [6, 6.07) is 78.0. The van der Waals surface area contributed by atoms with Crippen molar-refractivity contribution in [2.24, 2.45) is 14.1 Å². The zero-order chi connectivity index (χ0) is 40.4. The second kappa shape index (κ2) is 12.9. The number of nitrogens with zero attached hydrogens (tertiary/aromatic N) is 3. The van der Waals surface area contributed by atoms with E-state index in [-0.39, 0.29) is 6.71 Å². The van der Waals surface area contributed by atoms with Crippen LogP contribution in [0.1, 0.15) is 0 Å². The van der Waals surface area contributed by atoms with E-state index in [1.165, 1.54) is 108 Å². The lowest BCUT2D eigenvalue weighted by Gasteiger charge is -2.51. The van der Waals surface area contributed by atoms with Gasteiger partial charge in [0.1, 0.15) is 0 Å². The highest BCUT2D eigenvalue weighted by Crippen LogP contribution is 2.74. The van der Waals surface area contributed by atoms with Crippen LogP contribution < -0.4 is 21.3 Å². The molecule has 288 valence electrons. The van der Waals surface area contributed by atoms with E-state index in [1.54, 1.807) is 0 Å². The zero-order valence-electron chi connectivity index (χ0n) is 34.0. The summed E-state index contributed by atoms with van der Waals surface area (Å²) in [5, 5.41) is 5.10. The van der Waals surface area contributed by atoms with Crippen LogP contribution in [0.4, 0.5) is 17.1 Å². The van der Waals surface area contributed by atoms with E-state index in [0.717, 1.165) is 0 Å². The fourth-order valence-corrected chi connectivity index (χ4v) is 15.3. The number of aromatic nitrogens is 2. The molecule has 2 aliphatic heterocycles. The molecule has 3 nitrogen and oxygen atoms in total. The molecule has 0 aliphatic carbocycles. The molecule has 0 spiro atoms. The fourth-order valence-electron chi connectivity index (χ4n) is 11.0. The first-order valence-corrected chi connectivity index (χ1v) is 22.8. The van der Waals surface area contributed by atoms with Crippen LogP contribution in [-0.2, 0) is 14.1 Å². The second-order valence-electron chi connectivity index (χ2n) is 16.6.